The first-order valence-corrected chi connectivity index (χ1v) is 6.06. The van der Waals surface area contributed by atoms with Crippen LogP contribution in [-0.4, -0.2) is 17.9 Å². The van der Waals surface area contributed by atoms with E-state index >= 15 is 0 Å². The van der Waals surface area contributed by atoms with E-state index in [2.05, 4.69) is 24.4 Å². The zero-order valence-electron chi connectivity index (χ0n) is 11.3. The van der Waals surface area contributed by atoms with E-state index in [1.54, 1.807) is 0 Å². The van der Waals surface area contributed by atoms with E-state index in [4.69, 9.17) is 4.74 Å². The molecule has 0 aliphatic carbocycles. The predicted octanol–water partition coefficient (Wildman–Crippen LogP) is 3.20. The third-order valence-corrected chi connectivity index (χ3v) is 2.13. The molecule has 0 heterocycles. The molecule has 0 saturated heterocycles. The highest BCUT2D eigenvalue weighted by atomic mass is 16.5. The average Bonchev–Trinajstić information content (AvgIpc) is 2.26. The highest BCUT2D eigenvalue weighted by molar-refractivity contribution is 5.98. The van der Waals surface area contributed by atoms with Crippen LogP contribution in [0.3, 0.4) is 0 Å². The maximum Gasteiger partial charge on any atom is 0.119 e. The van der Waals surface area contributed by atoms with Crippen LogP contribution in [0.25, 0.3) is 0 Å². The van der Waals surface area contributed by atoms with Crippen LogP contribution in [0.1, 0.15) is 40.2 Å². The van der Waals surface area contributed by atoms with Crippen molar-refractivity contribution < 1.29 is 4.74 Å². The van der Waals surface area contributed by atoms with Gasteiger partial charge in [0.25, 0.3) is 0 Å². The van der Waals surface area contributed by atoms with E-state index in [0.29, 0.717) is 6.04 Å². The summed E-state index contributed by atoms with van der Waals surface area (Å²) in [5, 5.41) is 4.31. The van der Waals surface area contributed by atoms with E-state index in [1.165, 1.54) is 0 Å². The Labute approximate surface area is 104 Å². The minimum Gasteiger partial charge on any atom is -0.491 e. The molecule has 1 N–H and O–H groups in total. The molecule has 1 aromatic carbocycles. The first-order chi connectivity index (χ1) is 7.99. The van der Waals surface area contributed by atoms with Gasteiger partial charge in [-0.15, -0.1) is 0 Å². The molecule has 17 heavy (non-hydrogen) atoms. The van der Waals surface area contributed by atoms with Crippen LogP contribution in [0, 0.1) is 0 Å². The number of benzene rings is 1. The molecule has 0 spiro atoms. The summed E-state index contributed by atoms with van der Waals surface area (Å²) in [5.74, 6) is 0.897. The van der Waals surface area contributed by atoms with Crippen molar-refractivity contribution in [3.05, 3.63) is 29.8 Å². The van der Waals surface area contributed by atoms with Gasteiger partial charge < -0.3 is 10.2 Å². The Morgan fingerprint density at radius 2 is 1.71 bits per heavy atom. The SMILES string of the molecule is C/C(=N\NC(C)C)c1ccc(OC(C)C)cc1. The number of ether oxygens (including phenoxy) is 1. The fourth-order valence-corrected chi connectivity index (χ4v) is 1.34. The Morgan fingerprint density at radius 3 is 2.18 bits per heavy atom. The summed E-state index contributed by atoms with van der Waals surface area (Å²) in [4.78, 5) is 0. The van der Waals surface area contributed by atoms with Gasteiger partial charge in [-0.05, 0) is 64.4 Å². The van der Waals surface area contributed by atoms with Crippen molar-refractivity contribution in [3.8, 4) is 5.75 Å². The van der Waals surface area contributed by atoms with Gasteiger partial charge in [0.2, 0.25) is 0 Å². The second-order valence-corrected chi connectivity index (χ2v) is 4.67. The molecule has 0 bridgehead atoms. The van der Waals surface area contributed by atoms with E-state index < -0.39 is 0 Å². The largest absolute Gasteiger partial charge is 0.491 e. The molecule has 0 unspecified atom stereocenters. The molecule has 0 saturated carbocycles. The topological polar surface area (TPSA) is 33.6 Å². The molecular formula is C14H22N2O. The third-order valence-electron chi connectivity index (χ3n) is 2.13. The molecule has 0 fully saturated rings. The van der Waals surface area contributed by atoms with Crippen molar-refractivity contribution in [2.75, 3.05) is 0 Å². The second kappa shape index (κ2) is 6.28. The van der Waals surface area contributed by atoms with E-state index in [-0.39, 0.29) is 6.10 Å². The normalized spacial score (nSPS) is 12.1. The van der Waals surface area contributed by atoms with Crippen molar-refractivity contribution in [2.24, 2.45) is 5.10 Å². The summed E-state index contributed by atoms with van der Waals surface area (Å²) in [6, 6.07) is 8.36. The minimum absolute atomic E-state index is 0.207. The number of hydrogen-bond donors (Lipinski definition) is 1. The van der Waals surface area contributed by atoms with E-state index in [1.807, 2.05) is 45.0 Å². The Bertz CT molecular complexity index is 366. The monoisotopic (exact) mass is 234 g/mol. The molecule has 94 valence electrons. The summed E-state index contributed by atoms with van der Waals surface area (Å²) >= 11 is 0. The standard InChI is InChI=1S/C14H22N2O/c1-10(2)15-16-12(5)13-6-8-14(9-7-13)17-11(3)4/h6-11,15H,1-5H3/b16-12+. The van der Waals surface area contributed by atoms with Gasteiger partial charge in [0.1, 0.15) is 5.75 Å². The molecule has 0 aliphatic rings. The molecule has 3 nitrogen and oxygen atoms in total. The summed E-state index contributed by atoms with van der Waals surface area (Å²) in [5.41, 5.74) is 5.13. The lowest BCUT2D eigenvalue weighted by atomic mass is 10.1. The molecule has 0 atom stereocenters. The van der Waals surface area contributed by atoms with E-state index in [0.717, 1.165) is 17.0 Å². The van der Waals surface area contributed by atoms with Crippen molar-refractivity contribution in [2.45, 2.75) is 46.8 Å². The van der Waals surface area contributed by atoms with Crippen molar-refractivity contribution >= 4 is 5.71 Å². The molecule has 0 aromatic heterocycles. The van der Waals surface area contributed by atoms with Gasteiger partial charge in [0.05, 0.1) is 11.8 Å². The molecule has 3 heteroatoms. The predicted molar refractivity (Wildman–Crippen MR) is 72.7 cm³/mol. The molecule has 0 aliphatic heterocycles. The maximum atomic E-state index is 5.59. The van der Waals surface area contributed by atoms with Gasteiger partial charge in [-0.25, -0.2) is 0 Å². The Morgan fingerprint density at radius 1 is 1.12 bits per heavy atom. The molecular weight excluding hydrogens is 212 g/mol. The van der Waals surface area contributed by atoms with Crippen LogP contribution in [-0.2, 0) is 0 Å². The molecule has 1 rings (SSSR count). The zero-order chi connectivity index (χ0) is 12.8. The lowest BCUT2D eigenvalue weighted by molar-refractivity contribution is 0.242. The van der Waals surface area contributed by atoms with Crippen molar-refractivity contribution in [1.29, 1.82) is 0 Å². The maximum absolute atomic E-state index is 5.59. The average molecular weight is 234 g/mol. The van der Waals surface area contributed by atoms with Gasteiger partial charge in [0.15, 0.2) is 0 Å². The highest BCUT2D eigenvalue weighted by Gasteiger charge is 2.00. The third kappa shape index (κ3) is 4.89. The van der Waals surface area contributed by atoms with Crippen LogP contribution < -0.4 is 10.2 Å². The number of nitrogens with one attached hydrogen (secondary N) is 1. The molecule has 0 amide bonds. The smallest absolute Gasteiger partial charge is 0.119 e. The summed E-state index contributed by atoms with van der Waals surface area (Å²) < 4.78 is 5.59. The van der Waals surface area contributed by atoms with Gasteiger partial charge in [0, 0.05) is 6.04 Å². The Hall–Kier alpha value is -1.51. The zero-order valence-corrected chi connectivity index (χ0v) is 11.3. The Kier molecular flexibility index (Phi) is 5.01. The van der Waals surface area contributed by atoms with Gasteiger partial charge in [-0.3, -0.25) is 0 Å². The summed E-state index contributed by atoms with van der Waals surface area (Å²) in [7, 11) is 0. The fraction of sp³-hybridized carbons (Fsp3) is 0.500. The van der Waals surface area contributed by atoms with Crippen LogP contribution >= 0.6 is 0 Å². The van der Waals surface area contributed by atoms with Gasteiger partial charge in [-0.1, -0.05) is 0 Å². The van der Waals surface area contributed by atoms with Crippen molar-refractivity contribution in [1.82, 2.24) is 5.43 Å². The van der Waals surface area contributed by atoms with Crippen LogP contribution in [0.15, 0.2) is 29.4 Å². The van der Waals surface area contributed by atoms with Crippen molar-refractivity contribution in [3.63, 3.8) is 0 Å². The quantitative estimate of drug-likeness (QED) is 0.627. The number of rotatable bonds is 5. The summed E-state index contributed by atoms with van der Waals surface area (Å²) in [6.45, 7) is 10.2. The lowest BCUT2D eigenvalue weighted by Gasteiger charge is -2.10. The molecule has 0 radical (unpaired) electrons. The van der Waals surface area contributed by atoms with Gasteiger partial charge >= 0.3 is 0 Å². The van der Waals surface area contributed by atoms with Crippen LogP contribution in [0.2, 0.25) is 0 Å². The van der Waals surface area contributed by atoms with E-state index in [9.17, 15) is 0 Å². The number of nitrogens with zero attached hydrogens (tertiary/aromatic N) is 1. The van der Waals surface area contributed by atoms with Gasteiger partial charge in [-0.2, -0.15) is 5.10 Å². The summed E-state index contributed by atoms with van der Waals surface area (Å²) in [6.07, 6.45) is 0.207. The number of hydrazone groups is 1. The Balaban J connectivity index is 2.70. The first kappa shape index (κ1) is 13.6. The lowest BCUT2D eigenvalue weighted by Crippen LogP contribution is -2.18. The number of hydrogen-bond acceptors (Lipinski definition) is 3. The highest BCUT2D eigenvalue weighted by Crippen LogP contribution is 2.14. The van der Waals surface area contributed by atoms with Crippen LogP contribution in [0.5, 0.6) is 5.75 Å². The molecule has 1 aromatic rings. The fourth-order valence-electron chi connectivity index (χ4n) is 1.34. The van der Waals surface area contributed by atoms with Crippen LogP contribution in [0.4, 0.5) is 0 Å². The second-order valence-electron chi connectivity index (χ2n) is 4.67. The minimum atomic E-state index is 0.207. The first-order valence-electron chi connectivity index (χ1n) is 6.06.